The lowest BCUT2D eigenvalue weighted by Crippen LogP contribution is -2.32. The second-order valence-corrected chi connectivity index (χ2v) is 5.68. The van der Waals surface area contributed by atoms with E-state index >= 15 is 0 Å². The predicted octanol–water partition coefficient (Wildman–Crippen LogP) is 3.84. The van der Waals surface area contributed by atoms with Gasteiger partial charge in [-0.25, -0.2) is 4.39 Å². The molecule has 21 heavy (non-hydrogen) atoms. The first-order valence-corrected chi connectivity index (χ1v) is 7.42. The number of hydrogen-bond donors (Lipinski definition) is 1. The van der Waals surface area contributed by atoms with Crippen molar-refractivity contribution in [3.05, 3.63) is 63.9 Å². The Kier molecular flexibility index (Phi) is 3.92. The van der Waals surface area contributed by atoms with Crippen molar-refractivity contribution in [2.75, 3.05) is 6.61 Å². The SMILES string of the molecule is O=C(NC1CCOc2ccccc21)c1cc(F)ccc1Br. The number of amides is 1. The van der Waals surface area contributed by atoms with Crippen LogP contribution in [0.3, 0.4) is 0 Å². The molecule has 0 aliphatic carbocycles. The molecule has 0 fully saturated rings. The highest BCUT2D eigenvalue weighted by Gasteiger charge is 2.23. The van der Waals surface area contributed by atoms with Gasteiger partial charge in [0.25, 0.3) is 5.91 Å². The quantitative estimate of drug-likeness (QED) is 0.894. The third-order valence-corrected chi connectivity index (χ3v) is 4.13. The number of carbonyl (C=O) groups is 1. The molecule has 3 rings (SSSR count). The number of para-hydroxylation sites is 1. The molecule has 1 aliphatic rings. The molecule has 1 unspecified atom stereocenters. The molecule has 0 bridgehead atoms. The molecule has 0 radical (unpaired) electrons. The van der Waals surface area contributed by atoms with E-state index in [1.165, 1.54) is 18.2 Å². The van der Waals surface area contributed by atoms with E-state index in [2.05, 4.69) is 21.2 Å². The summed E-state index contributed by atoms with van der Waals surface area (Å²) in [7, 11) is 0. The van der Waals surface area contributed by atoms with Crippen LogP contribution in [0.15, 0.2) is 46.9 Å². The molecule has 0 aromatic heterocycles. The van der Waals surface area contributed by atoms with Gasteiger partial charge in [0.2, 0.25) is 0 Å². The zero-order chi connectivity index (χ0) is 14.8. The number of hydrogen-bond acceptors (Lipinski definition) is 2. The molecule has 0 saturated heterocycles. The molecule has 0 saturated carbocycles. The average molecular weight is 350 g/mol. The first-order chi connectivity index (χ1) is 10.1. The van der Waals surface area contributed by atoms with Crippen LogP contribution in [0.1, 0.15) is 28.4 Å². The molecule has 0 spiro atoms. The maximum atomic E-state index is 13.3. The smallest absolute Gasteiger partial charge is 0.253 e. The van der Waals surface area contributed by atoms with Crippen LogP contribution >= 0.6 is 15.9 Å². The molecule has 3 nitrogen and oxygen atoms in total. The van der Waals surface area contributed by atoms with Crippen molar-refractivity contribution in [2.45, 2.75) is 12.5 Å². The van der Waals surface area contributed by atoms with Crippen molar-refractivity contribution >= 4 is 21.8 Å². The molecule has 2 aromatic rings. The summed E-state index contributed by atoms with van der Waals surface area (Å²) in [4.78, 5) is 12.3. The zero-order valence-electron chi connectivity index (χ0n) is 11.1. The van der Waals surface area contributed by atoms with E-state index < -0.39 is 5.82 Å². The predicted molar refractivity (Wildman–Crippen MR) is 80.9 cm³/mol. The number of nitrogens with one attached hydrogen (secondary N) is 1. The van der Waals surface area contributed by atoms with Gasteiger partial charge in [-0.15, -0.1) is 0 Å². The fourth-order valence-corrected chi connectivity index (χ4v) is 2.83. The van der Waals surface area contributed by atoms with Crippen molar-refractivity contribution < 1.29 is 13.9 Å². The minimum atomic E-state index is -0.435. The molecule has 1 aliphatic heterocycles. The van der Waals surface area contributed by atoms with Crippen LogP contribution < -0.4 is 10.1 Å². The van der Waals surface area contributed by atoms with Gasteiger partial charge in [0.05, 0.1) is 18.2 Å². The van der Waals surface area contributed by atoms with Gasteiger partial charge in [0, 0.05) is 16.5 Å². The molecule has 1 N–H and O–H groups in total. The van der Waals surface area contributed by atoms with Crippen molar-refractivity contribution in [1.29, 1.82) is 0 Å². The lowest BCUT2D eigenvalue weighted by molar-refractivity contribution is 0.0923. The van der Waals surface area contributed by atoms with Crippen LogP contribution in [-0.4, -0.2) is 12.5 Å². The van der Waals surface area contributed by atoms with E-state index in [0.29, 0.717) is 23.1 Å². The summed E-state index contributed by atoms with van der Waals surface area (Å²) in [6.45, 7) is 0.548. The first kappa shape index (κ1) is 14.1. The van der Waals surface area contributed by atoms with E-state index in [0.717, 1.165) is 11.3 Å². The topological polar surface area (TPSA) is 38.3 Å². The average Bonchev–Trinajstić information content (AvgIpc) is 2.50. The maximum Gasteiger partial charge on any atom is 0.253 e. The highest BCUT2D eigenvalue weighted by atomic mass is 79.9. The lowest BCUT2D eigenvalue weighted by atomic mass is 10.00. The number of carbonyl (C=O) groups excluding carboxylic acids is 1. The molecule has 108 valence electrons. The largest absolute Gasteiger partial charge is 0.493 e. The van der Waals surface area contributed by atoms with Crippen LogP contribution in [0.4, 0.5) is 4.39 Å². The normalized spacial score (nSPS) is 16.8. The van der Waals surface area contributed by atoms with E-state index in [9.17, 15) is 9.18 Å². The number of halogens is 2. The molecule has 1 atom stereocenters. The Labute approximate surface area is 130 Å². The third kappa shape index (κ3) is 2.93. The summed E-state index contributed by atoms with van der Waals surface area (Å²) in [6.07, 6.45) is 0.690. The Morgan fingerprint density at radius 1 is 1.29 bits per heavy atom. The molecule has 1 amide bonds. The molecule has 1 heterocycles. The zero-order valence-corrected chi connectivity index (χ0v) is 12.7. The second-order valence-electron chi connectivity index (χ2n) is 4.83. The Bertz CT molecular complexity index is 690. The van der Waals surface area contributed by atoms with Crippen LogP contribution in [0, 0.1) is 5.82 Å². The highest BCUT2D eigenvalue weighted by molar-refractivity contribution is 9.10. The minimum Gasteiger partial charge on any atom is -0.493 e. The Morgan fingerprint density at radius 3 is 2.95 bits per heavy atom. The molecule has 5 heteroatoms. The Hall–Kier alpha value is -1.88. The Balaban J connectivity index is 1.84. The van der Waals surface area contributed by atoms with E-state index in [-0.39, 0.29) is 11.9 Å². The van der Waals surface area contributed by atoms with Gasteiger partial charge < -0.3 is 10.1 Å². The number of rotatable bonds is 2. The van der Waals surface area contributed by atoms with Crippen LogP contribution in [0.5, 0.6) is 5.75 Å². The minimum absolute atomic E-state index is 0.127. The molecular weight excluding hydrogens is 337 g/mol. The summed E-state index contributed by atoms with van der Waals surface area (Å²) < 4.78 is 19.4. The standard InChI is InChI=1S/C16H13BrFNO2/c17-13-6-5-10(18)9-12(13)16(20)19-14-7-8-21-15-4-2-1-3-11(14)15/h1-6,9,14H,7-8H2,(H,19,20). The third-order valence-electron chi connectivity index (χ3n) is 3.44. The summed E-state index contributed by atoms with van der Waals surface area (Å²) in [5, 5.41) is 2.94. The van der Waals surface area contributed by atoms with Gasteiger partial charge >= 0.3 is 0 Å². The monoisotopic (exact) mass is 349 g/mol. The summed E-state index contributed by atoms with van der Waals surface area (Å²) in [6, 6.07) is 11.6. The van der Waals surface area contributed by atoms with Gasteiger partial charge in [-0.1, -0.05) is 18.2 Å². The maximum absolute atomic E-state index is 13.3. The van der Waals surface area contributed by atoms with Crippen molar-refractivity contribution in [3.63, 3.8) is 0 Å². The first-order valence-electron chi connectivity index (χ1n) is 6.63. The van der Waals surface area contributed by atoms with E-state index in [1.807, 2.05) is 24.3 Å². The number of fused-ring (bicyclic) bond motifs is 1. The van der Waals surface area contributed by atoms with Gasteiger partial charge in [0.1, 0.15) is 11.6 Å². The van der Waals surface area contributed by atoms with E-state index in [1.54, 1.807) is 0 Å². The molecule has 2 aromatic carbocycles. The van der Waals surface area contributed by atoms with Crippen molar-refractivity contribution in [2.24, 2.45) is 0 Å². The second kappa shape index (κ2) is 5.85. The molecular formula is C16H13BrFNO2. The fraction of sp³-hybridized carbons (Fsp3) is 0.188. The van der Waals surface area contributed by atoms with Crippen molar-refractivity contribution in [1.82, 2.24) is 5.32 Å². The van der Waals surface area contributed by atoms with Crippen LogP contribution in [0.2, 0.25) is 0 Å². The van der Waals surface area contributed by atoms with Crippen LogP contribution in [-0.2, 0) is 0 Å². The van der Waals surface area contributed by atoms with Crippen molar-refractivity contribution in [3.8, 4) is 5.75 Å². The summed E-state index contributed by atoms with van der Waals surface area (Å²) >= 11 is 3.28. The summed E-state index contributed by atoms with van der Waals surface area (Å²) in [5.74, 6) is 0.0474. The highest BCUT2D eigenvalue weighted by Crippen LogP contribution is 2.32. The van der Waals surface area contributed by atoms with Gasteiger partial charge in [-0.2, -0.15) is 0 Å². The Morgan fingerprint density at radius 2 is 2.10 bits per heavy atom. The number of benzene rings is 2. The number of ether oxygens (including phenoxy) is 1. The van der Waals surface area contributed by atoms with Gasteiger partial charge in [0.15, 0.2) is 0 Å². The van der Waals surface area contributed by atoms with E-state index in [4.69, 9.17) is 4.74 Å². The van der Waals surface area contributed by atoms with Gasteiger partial charge in [-0.05, 0) is 40.2 Å². The fourth-order valence-electron chi connectivity index (χ4n) is 2.40. The lowest BCUT2D eigenvalue weighted by Gasteiger charge is -2.26. The van der Waals surface area contributed by atoms with Gasteiger partial charge in [-0.3, -0.25) is 4.79 Å². The van der Waals surface area contributed by atoms with Crippen LogP contribution in [0.25, 0.3) is 0 Å². The summed E-state index contributed by atoms with van der Waals surface area (Å²) in [5.41, 5.74) is 1.24.